The molecule has 1 amide bonds. The van der Waals surface area contributed by atoms with Crippen molar-refractivity contribution in [2.24, 2.45) is 5.73 Å². The van der Waals surface area contributed by atoms with Crippen molar-refractivity contribution in [3.05, 3.63) is 41.6 Å². The number of halogens is 2. The summed E-state index contributed by atoms with van der Waals surface area (Å²) in [6.45, 7) is 0.713. The Kier molecular flexibility index (Phi) is 8.69. The van der Waals surface area contributed by atoms with Gasteiger partial charge in [-0.05, 0) is 37.6 Å². The number of anilines is 1. The molecular weight excluding hydrogens is 335 g/mol. The van der Waals surface area contributed by atoms with Crippen LogP contribution in [-0.4, -0.2) is 22.2 Å². The maximum atomic E-state index is 12.0. The molecule has 0 spiro atoms. The summed E-state index contributed by atoms with van der Waals surface area (Å²) in [5, 5.41) is 7.75. The summed E-state index contributed by atoms with van der Waals surface area (Å²) in [5.41, 5.74) is 6.26. The molecule has 2 aromatic rings. The molecule has 0 bridgehead atoms. The molecule has 0 fully saturated rings. The number of nitrogens with two attached hydrogens (primary N) is 1. The Morgan fingerprint density at radius 3 is 2.74 bits per heavy atom. The van der Waals surface area contributed by atoms with Crippen molar-refractivity contribution < 1.29 is 4.79 Å². The predicted octanol–water partition coefficient (Wildman–Crippen LogP) is 3.80. The molecule has 0 aliphatic carbocycles. The highest BCUT2D eigenvalue weighted by Gasteiger charge is 2.09. The Morgan fingerprint density at radius 2 is 2.00 bits per heavy atom. The van der Waals surface area contributed by atoms with Crippen LogP contribution in [0.25, 0.3) is 5.69 Å². The fraction of sp³-hybridized carbons (Fsp3) is 0.375. The fourth-order valence-corrected chi connectivity index (χ4v) is 2.38. The van der Waals surface area contributed by atoms with Gasteiger partial charge in [-0.3, -0.25) is 4.79 Å². The van der Waals surface area contributed by atoms with Gasteiger partial charge in [-0.25, -0.2) is 4.68 Å². The van der Waals surface area contributed by atoms with Crippen LogP contribution >= 0.6 is 24.0 Å². The molecule has 0 aliphatic heterocycles. The molecule has 126 valence electrons. The summed E-state index contributed by atoms with van der Waals surface area (Å²) in [4.78, 5) is 12.0. The largest absolute Gasteiger partial charge is 0.330 e. The summed E-state index contributed by atoms with van der Waals surface area (Å²) >= 11 is 5.99. The lowest BCUT2D eigenvalue weighted by molar-refractivity contribution is -0.116. The SMILES string of the molecule is Cl.NCCCCCCC(=O)Nc1ccnn1-c1cccc(Cl)c1. The van der Waals surface area contributed by atoms with E-state index in [1.54, 1.807) is 29.1 Å². The van der Waals surface area contributed by atoms with Gasteiger partial charge in [0, 0.05) is 17.5 Å². The van der Waals surface area contributed by atoms with Gasteiger partial charge in [-0.1, -0.05) is 30.5 Å². The lowest BCUT2D eigenvalue weighted by Crippen LogP contribution is -2.14. The van der Waals surface area contributed by atoms with Crippen molar-refractivity contribution in [3.8, 4) is 5.69 Å². The fourth-order valence-electron chi connectivity index (χ4n) is 2.20. The smallest absolute Gasteiger partial charge is 0.225 e. The molecule has 7 heteroatoms. The van der Waals surface area contributed by atoms with E-state index in [0.29, 0.717) is 23.8 Å². The Balaban J connectivity index is 0.00000264. The number of benzene rings is 1. The molecule has 3 N–H and O–H groups in total. The number of nitrogens with one attached hydrogen (secondary N) is 1. The summed E-state index contributed by atoms with van der Waals surface area (Å²) in [5.74, 6) is 0.644. The molecule has 0 radical (unpaired) electrons. The second-order valence-electron chi connectivity index (χ2n) is 5.11. The standard InChI is InChI=1S/C16H21ClN4O.ClH/c17-13-6-5-7-14(12-13)21-15(9-11-19-21)20-16(22)8-3-1-2-4-10-18;/h5-7,9,11-12H,1-4,8,10,18H2,(H,20,22);1H. The van der Waals surface area contributed by atoms with E-state index >= 15 is 0 Å². The van der Waals surface area contributed by atoms with Crippen LogP contribution in [0.1, 0.15) is 32.1 Å². The van der Waals surface area contributed by atoms with Crippen LogP contribution < -0.4 is 11.1 Å². The zero-order valence-electron chi connectivity index (χ0n) is 12.9. The van der Waals surface area contributed by atoms with Gasteiger partial charge in [0.1, 0.15) is 5.82 Å². The van der Waals surface area contributed by atoms with Crippen molar-refractivity contribution in [2.45, 2.75) is 32.1 Å². The van der Waals surface area contributed by atoms with Crippen LogP contribution in [0.5, 0.6) is 0 Å². The topological polar surface area (TPSA) is 72.9 Å². The van der Waals surface area contributed by atoms with E-state index < -0.39 is 0 Å². The number of rotatable bonds is 8. The van der Waals surface area contributed by atoms with Crippen molar-refractivity contribution in [1.29, 1.82) is 0 Å². The summed E-state index contributed by atoms with van der Waals surface area (Å²) in [6.07, 6.45) is 6.14. The number of aromatic nitrogens is 2. The molecule has 0 atom stereocenters. The molecule has 0 saturated heterocycles. The number of hydrogen-bond donors (Lipinski definition) is 2. The van der Waals surface area contributed by atoms with Crippen LogP contribution in [0.15, 0.2) is 36.5 Å². The highest BCUT2D eigenvalue weighted by Crippen LogP contribution is 2.18. The number of carbonyl (C=O) groups is 1. The zero-order chi connectivity index (χ0) is 15.8. The van der Waals surface area contributed by atoms with Crippen molar-refractivity contribution >= 4 is 35.7 Å². The van der Waals surface area contributed by atoms with Gasteiger partial charge in [-0.2, -0.15) is 5.10 Å². The Labute approximate surface area is 147 Å². The quantitative estimate of drug-likeness (QED) is 0.706. The average molecular weight is 357 g/mol. The zero-order valence-corrected chi connectivity index (χ0v) is 14.4. The number of nitrogens with zero attached hydrogens (tertiary/aromatic N) is 2. The van der Waals surface area contributed by atoms with E-state index in [1.807, 2.05) is 12.1 Å². The first-order chi connectivity index (χ1) is 10.7. The minimum absolute atomic E-state index is 0. The first-order valence-corrected chi connectivity index (χ1v) is 7.88. The second-order valence-corrected chi connectivity index (χ2v) is 5.55. The third-order valence-electron chi connectivity index (χ3n) is 3.32. The van der Waals surface area contributed by atoms with E-state index in [0.717, 1.165) is 31.4 Å². The number of unbranched alkanes of at least 4 members (excludes halogenated alkanes) is 3. The summed E-state index contributed by atoms with van der Waals surface area (Å²) in [7, 11) is 0. The molecule has 0 saturated carbocycles. The van der Waals surface area contributed by atoms with Gasteiger partial charge in [0.15, 0.2) is 0 Å². The van der Waals surface area contributed by atoms with E-state index in [2.05, 4.69) is 10.4 Å². The Bertz CT molecular complexity index is 616. The lowest BCUT2D eigenvalue weighted by atomic mass is 10.1. The molecule has 2 rings (SSSR count). The maximum Gasteiger partial charge on any atom is 0.225 e. The molecule has 1 aromatic heterocycles. The molecule has 23 heavy (non-hydrogen) atoms. The lowest BCUT2D eigenvalue weighted by Gasteiger charge is -2.09. The molecule has 0 aliphatic rings. The average Bonchev–Trinajstić information content (AvgIpc) is 2.95. The van der Waals surface area contributed by atoms with Crippen LogP contribution in [0.4, 0.5) is 5.82 Å². The van der Waals surface area contributed by atoms with Crippen LogP contribution in [0, 0.1) is 0 Å². The summed E-state index contributed by atoms with van der Waals surface area (Å²) in [6, 6.07) is 9.11. The monoisotopic (exact) mass is 356 g/mol. The van der Waals surface area contributed by atoms with Gasteiger partial charge < -0.3 is 11.1 Å². The van der Waals surface area contributed by atoms with E-state index in [9.17, 15) is 4.79 Å². The van der Waals surface area contributed by atoms with Gasteiger partial charge in [0.05, 0.1) is 11.9 Å². The first-order valence-electron chi connectivity index (χ1n) is 7.50. The van der Waals surface area contributed by atoms with Crippen LogP contribution in [-0.2, 0) is 4.79 Å². The van der Waals surface area contributed by atoms with Gasteiger partial charge in [0.25, 0.3) is 0 Å². The van der Waals surface area contributed by atoms with Gasteiger partial charge >= 0.3 is 0 Å². The van der Waals surface area contributed by atoms with Crippen LogP contribution in [0.2, 0.25) is 5.02 Å². The number of carbonyl (C=O) groups excluding carboxylic acids is 1. The number of hydrogen-bond acceptors (Lipinski definition) is 3. The molecule has 1 heterocycles. The molecular formula is C16H22Cl2N4O. The molecule has 0 unspecified atom stereocenters. The van der Waals surface area contributed by atoms with Crippen molar-refractivity contribution in [1.82, 2.24) is 9.78 Å². The van der Waals surface area contributed by atoms with Gasteiger partial charge in [-0.15, -0.1) is 12.4 Å². The third kappa shape index (κ3) is 6.22. The highest BCUT2D eigenvalue weighted by molar-refractivity contribution is 6.30. The Hall–Kier alpha value is -1.56. The third-order valence-corrected chi connectivity index (χ3v) is 3.56. The van der Waals surface area contributed by atoms with E-state index in [-0.39, 0.29) is 18.3 Å². The maximum absolute atomic E-state index is 12.0. The number of amides is 1. The van der Waals surface area contributed by atoms with Gasteiger partial charge in [0.2, 0.25) is 5.91 Å². The first kappa shape index (κ1) is 19.5. The molecule has 5 nitrogen and oxygen atoms in total. The predicted molar refractivity (Wildman–Crippen MR) is 96.6 cm³/mol. The summed E-state index contributed by atoms with van der Waals surface area (Å²) < 4.78 is 1.66. The minimum atomic E-state index is -0.00322. The van der Waals surface area contributed by atoms with E-state index in [1.165, 1.54) is 0 Å². The minimum Gasteiger partial charge on any atom is -0.330 e. The second kappa shape index (κ2) is 10.3. The Morgan fingerprint density at radius 1 is 1.22 bits per heavy atom. The van der Waals surface area contributed by atoms with Crippen LogP contribution in [0.3, 0.4) is 0 Å². The van der Waals surface area contributed by atoms with Crippen molar-refractivity contribution in [2.75, 3.05) is 11.9 Å². The highest BCUT2D eigenvalue weighted by atomic mass is 35.5. The normalized spacial score (nSPS) is 10.2. The molecule has 1 aromatic carbocycles. The van der Waals surface area contributed by atoms with Crippen molar-refractivity contribution in [3.63, 3.8) is 0 Å². The van der Waals surface area contributed by atoms with E-state index in [4.69, 9.17) is 17.3 Å².